The monoisotopic (exact) mass is 124 g/mol. The molecule has 0 aliphatic heterocycles. The van der Waals surface area contributed by atoms with Gasteiger partial charge in [0.05, 0.1) is 0 Å². The van der Waals surface area contributed by atoms with E-state index >= 15 is 0 Å². The van der Waals surface area contributed by atoms with E-state index < -0.39 is 0 Å². The lowest BCUT2D eigenvalue weighted by Gasteiger charge is -2.03. The van der Waals surface area contributed by atoms with E-state index in [2.05, 4.69) is 27.0 Å². The highest BCUT2D eigenvalue weighted by molar-refractivity contribution is 4.89. The predicted octanol–water partition coefficient (Wildman–Crippen LogP) is 3.16. The molecule has 0 amide bonds. The molecule has 0 saturated carbocycles. The maximum Gasteiger partial charge on any atom is -0.0262 e. The van der Waals surface area contributed by atoms with E-state index in [4.69, 9.17) is 0 Å². The van der Waals surface area contributed by atoms with Gasteiger partial charge < -0.3 is 0 Å². The molecule has 0 aromatic heterocycles. The second kappa shape index (κ2) is 4.37. The summed E-state index contributed by atoms with van der Waals surface area (Å²) in [5.41, 5.74) is 1.27. The summed E-state index contributed by atoms with van der Waals surface area (Å²) in [5.74, 6) is 0.640. The normalized spacial score (nSPS) is 12.7. The fourth-order valence-electron chi connectivity index (χ4n) is 0.592. The molecular weight excluding hydrogens is 108 g/mol. The van der Waals surface area contributed by atoms with Crippen LogP contribution in [0.15, 0.2) is 24.8 Å². The van der Waals surface area contributed by atoms with Crippen LogP contribution in [0, 0.1) is 5.92 Å². The van der Waals surface area contributed by atoms with E-state index in [1.165, 1.54) is 12.0 Å². The molecule has 52 valence electrons. The first-order valence-electron chi connectivity index (χ1n) is 3.43. The maximum atomic E-state index is 3.83. The number of hydrogen-bond donors (Lipinski definition) is 0. The quantitative estimate of drug-likeness (QED) is 0.505. The van der Waals surface area contributed by atoms with Gasteiger partial charge in [-0.15, -0.1) is 13.2 Å². The summed E-state index contributed by atoms with van der Waals surface area (Å²) in [6.45, 7) is 11.8. The van der Waals surface area contributed by atoms with Crippen molar-refractivity contribution in [2.75, 3.05) is 0 Å². The van der Waals surface area contributed by atoms with Gasteiger partial charge in [-0.25, -0.2) is 0 Å². The zero-order valence-corrected chi connectivity index (χ0v) is 6.48. The van der Waals surface area contributed by atoms with Gasteiger partial charge in [-0.1, -0.05) is 18.6 Å². The number of hydrogen-bond acceptors (Lipinski definition) is 0. The minimum Gasteiger partial charge on any atom is -0.103 e. The Morgan fingerprint density at radius 3 is 2.56 bits per heavy atom. The molecule has 0 spiro atoms. The lowest BCUT2D eigenvalue weighted by molar-refractivity contribution is 0.647. The van der Waals surface area contributed by atoms with Gasteiger partial charge in [-0.3, -0.25) is 0 Å². The third-order valence-electron chi connectivity index (χ3n) is 1.43. The van der Waals surface area contributed by atoms with Crippen molar-refractivity contribution in [3.8, 4) is 0 Å². The first-order valence-corrected chi connectivity index (χ1v) is 3.43. The van der Waals surface area contributed by atoms with Crippen molar-refractivity contribution in [1.82, 2.24) is 0 Å². The standard InChI is InChI=1S/C9H16/c1-5-9(4)7-6-8(2)3/h5,9H,1-2,6-7H2,3-4H3. The lowest BCUT2D eigenvalue weighted by Crippen LogP contribution is -1.88. The van der Waals surface area contributed by atoms with Crippen LogP contribution in [-0.2, 0) is 0 Å². The van der Waals surface area contributed by atoms with Crippen molar-refractivity contribution in [3.63, 3.8) is 0 Å². The van der Waals surface area contributed by atoms with Crippen molar-refractivity contribution in [3.05, 3.63) is 24.8 Å². The van der Waals surface area contributed by atoms with Gasteiger partial charge in [0.25, 0.3) is 0 Å². The van der Waals surface area contributed by atoms with Crippen LogP contribution >= 0.6 is 0 Å². The van der Waals surface area contributed by atoms with Crippen LogP contribution in [0.3, 0.4) is 0 Å². The fraction of sp³-hybridized carbons (Fsp3) is 0.556. The van der Waals surface area contributed by atoms with Crippen molar-refractivity contribution in [1.29, 1.82) is 0 Å². The van der Waals surface area contributed by atoms with E-state index in [9.17, 15) is 0 Å². The van der Waals surface area contributed by atoms with Crippen LogP contribution in [0.5, 0.6) is 0 Å². The molecule has 0 saturated heterocycles. The lowest BCUT2D eigenvalue weighted by atomic mass is 10.0. The highest BCUT2D eigenvalue weighted by Gasteiger charge is 1.94. The molecule has 0 aromatic rings. The Balaban J connectivity index is 3.26. The molecule has 0 bridgehead atoms. The molecule has 9 heavy (non-hydrogen) atoms. The van der Waals surface area contributed by atoms with E-state index in [1.54, 1.807) is 0 Å². The van der Waals surface area contributed by atoms with E-state index in [1.807, 2.05) is 6.08 Å². The third kappa shape index (κ3) is 5.35. The summed E-state index contributed by atoms with van der Waals surface area (Å²) in [6, 6.07) is 0. The van der Waals surface area contributed by atoms with Crippen molar-refractivity contribution in [2.45, 2.75) is 26.7 Å². The Labute approximate surface area is 58.3 Å². The fourth-order valence-corrected chi connectivity index (χ4v) is 0.592. The zero-order valence-electron chi connectivity index (χ0n) is 6.48. The van der Waals surface area contributed by atoms with Crippen molar-refractivity contribution < 1.29 is 0 Å². The van der Waals surface area contributed by atoms with Gasteiger partial charge in [0.15, 0.2) is 0 Å². The van der Waals surface area contributed by atoms with E-state index in [-0.39, 0.29) is 0 Å². The molecule has 0 nitrogen and oxygen atoms in total. The average Bonchev–Trinajstić information content (AvgIpc) is 1.83. The molecule has 0 radical (unpaired) electrons. The Hall–Kier alpha value is -0.520. The molecule has 1 unspecified atom stereocenters. The molecule has 0 rings (SSSR count). The summed E-state index contributed by atoms with van der Waals surface area (Å²) in [5, 5.41) is 0. The van der Waals surface area contributed by atoms with Gasteiger partial charge in [0.2, 0.25) is 0 Å². The van der Waals surface area contributed by atoms with Gasteiger partial charge in [-0.05, 0) is 25.7 Å². The topological polar surface area (TPSA) is 0 Å². The van der Waals surface area contributed by atoms with Crippen LogP contribution in [-0.4, -0.2) is 0 Å². The second-order valence-electron chi connectivity index (χ2n) is 2.71. The third-order valence-corrected chi connectivity index (χ3v) is 1.43. The molecule has 1 atom stereocenters. The zero-order chi connectivity index (χ0) is 7.28. The maximum absolute atomic E-state index is 3.83. The SMILES string of the molecule is C=CC(C)CCC(=C)C. The van der Waals surface area contributed by atoms with Crippen LogP contribution in [0.4, 0.5) is 0 Å². The summed E-state index contributed by atoms with van der Waals surface area (Å²) in [6.07, 6.45) is 4.31. The molecule has 0 aliphatic carbocycles. The van der Waals surface area contributed by atoms with Crippen LogP contribution < -0.4 is 0 Å². The Kier molecular flexibility index (Phi) is 4.12. The Morgan fingerprint density at radius 1 is 1.67 bits per heavy atom. The minimum atomic E-state index is 0.640. The predicted molar refractivity (Wildman–Crippen MR) is 43.4 cm³/mol. The first-order chi connectivity index (χ1) is 4.16. The highest BCUT2D eigenvalue weighted by Crippen LogP contribution is 2.09. The van der Waals surface area contributed by atoms with E-state index in [0.29, 0.717) is 5.92 Å². The van der Waals surface area contributed by atoms with Crippen LogP contribution in [0.2, 0.25) is 0 Å². The number of allylic oxidation sites excluding steroid dienone is 2. The first kappa shape index (κ1) is 8.48. The summed E-state index contributed by atoms with van der Waals surface area (Å²) in [7, 11) is 0. The van der Waals surface area contributed by atoms with Gasteiger partial charge >= 0.3 is 0 Å². The summed E-state index contributed by atoms with van der Waals surface area (Å²) >= 11 is 0. The highest BCUT2D eigenvalue weighted by atomic mass is 14.0. The molecule has 0 aromatic carbocycles. The average molecular weight is 124 g/mol. The molecule has 0 N–H and O–H groups in total. The molecule has 0 heteroatoms. The minimum absolute atomic E-state index is 0.640. The van der Waals surface area contributed by atoms with Crippen molar-refractivity contribution in [2.24, 2.45) is 5.92 Å². The van der Waals surface area contributed by atoms with Gasteiger partial charge in [-0.2, -0.15) is 0 Å². The molecular formula is C9H16. The molecule has 0 fully saturated rings. The second-order valence-corrected chi connectivity index (χ2v) is 2.71. The molecule has 0 heterocycles. The summed E-state index contributed by atoms with van der Waals surface area (Å²) in [4.78, 5) is 0. The van der Waals surface area contributed by atoms with Gasteiger partial charge in [0.1, 0.15) is 0 Å². The van der Waals surface area contributed by atoms with Crippen LogP contribution in [0.25, 0.3) is 0 Å². The number of rotatable bonds is 4. The van der Waals surface area contributed by atoms with Crippen molar-refractivity contribution >= 4 is 0 Å². The summed E-state index contributed by atoms with van der Waals surface area (Å²) < 4.78 is 0. The largest absolute Gasteiger partial charge is 0.103 e. The van der Waals surface area contributed by atoms with Crippen LogP contribution in [0.1, 0.15) is 26.7 Å². The Morgan fingerprint density at radius 2 is 2.22 bits per heavy atom. The molecule has 0 aliphatic rings. The Bertz CT molecular complexity index is 101. The van der Waals surface area contributed by atoms with E-state index in [0.717, 1.165) is 6.42 Å². The van der Waals surface area contributed by atoms with Gasteiger partial charge in [0, 0.05) is 0 Å². The smallest absolute Gasteiger partial charge is 0.0262 e.